The van der Waals surface area contributed by atoms with Crippen LogP contribution in [0, 0.1) is 13.8 Å². The van der Waals surface area contributed by atoms with E-state index in [1.54, 1.807) is 36.0 Å². The van der Waals surface area contributed by atoms with Crippen molar-refractivity contribution in [1.82, 2.24) is 0 Å². The Labute approximate surface area is 129 Å². The van der Waals surface area contributed by atoms with Gasteiger partial charge in [-0.05, 0) is 49.2 Å². The van der Waals surface area contributed by atoms with Crippen molar-refractivity contribution >= 4 is 17.7 Å². The first-order valence-electron chi connectivity index (χ1n) is 6.72. The maximum atomic E-state index is 11.1. The molecule has 110 valence electrons. The van der Waals surface area contributed by atoms with E-state index >= 15 is 0 Å². The molecule has 0 fully saturated rings. The molecule has 0 atom stereocenters. The Morgan fingerprint density at radius 1 is 1.14 bits per heavy atom. The van der Waals surface area contributed by atoms with Gasteiger partial charge in [-0.15, -0.1) is 11.8 Å². The molecule has 0 aromatic heterocycles. The molecule has 0 aliphatic carbocycles. The van der Waals surface area contributed by atoms with Crippen LogP contribution in [0.3, 0.4) is 0 Å². The predicted molar refractivity (Wildman–Crippen MR) is 85.5 cm³/mol. The summed E-state index contributed by atoms with van der Waals surface area (Å²) in [6, 6.07) is 13.1. The quantitative estimate of drug-likeness (QED) is 0.642. The zero-order chi connectivity index (χ0) is 15.2. The molecule has 0 aliphatic heterocycles. The number of benzene rings is 2. The highest BCUT2D eigenvalue weighted by Gasteiger charge is 2.09. The van der Waals surface area contributed by atoms with Gasteiger partial charge in [-0.3, -0.25) is 0 Å². The van der Waals surface area contributed by atoms with Gasteiger partial charge in [0.05, 0.1) is 6.61 Å². The summed E-state index contributed by atoms with van der Waals surface area (Å²) in [6.45, 7) is 4.63. The van der Waals surface area contributed by atoms with Crippen LogP contribution in [0.15, 0.2) is 47.4 Å². The number of carbonyl (C=O) groups is 1. The van der Waals surface area contributed by atoms with E-state index in [0.29, 0.717) is 12.4 Å². The summed E-state index contributed by atoms with van der Waals surface area (Å²) in [4.78, 5) is 12.3. The Morgan fingerprint density at radius 3 is 2.48 bits per heavy atom. The van der Waals surface area contributed by atoms with Gasteiger partial charge in [0, 0.05) is 10.6 Å². The van der Waals surface area contributed by atoms with E-state index in [0.717, 1.165) is 5.75 Å². The molecule has 4 heteroatoms. The molecular formula is C17H18O3S. The Morgan fingerprint density at radius 2 is 1.81 bits per heavy atom. The number of para-hydroxylation sites is 1. The van der Waals surface area contributed by atoms with Gasteiger partial charge in [0.1, 0.15) is 11.3 Å². The van der Waals surface area contributed by atoms with E-state index in [1.807, 2.05) is 0 Å². The highest BCUT2D eigenvalue weighted by Crippen LogP contribution is 2.22. The maximum Gasteiger partial charge on any atom is 0.339 e. The third-order valence-corrected chi connectivity index (χ3v) is 3.86. The van der Waals surface area contributed by atoms with Crippen LogP contribution in [0.25, 0.3) is 0 Å². The van der Waals surface area contributed by atoms with E-state index in [1.165, 1.54) is 16.0 Å². The van der Waals surface area contributed by atoms with E-state index < -0.39 is 5.97 Å². The fourth-order valence-corrected chi connectivity index (χ4v) is 3.04. The first-order chi connectivity index (χ1) is 10.1. The fraction of sp³-hybridized carbons (Fsp3) is 0.235. The lowest BCUT2D eigenvalue weighted by Crippen LogP contribution is -2.05. The number of aryl methyl sites for hydroxylation is 2. The minimum absolute atomic E-state index is 0.203. The van der Waals surface area contributed by atoms with E-state index in [9.17, 15) is 4.79 Å². The molecular weight excluding hydrogens is 284 g/mol. The molecule has 3 nitrogen and oxygen atoms in total. The molecule has 0 unspecified atom stereocenters. The summed E-state index contributed by atoms with van der Waals surface area (Å²) in [7, 11) is 0. The average molecular weight is 302 g/mol. The molecule has 2 aromatic rings. The molecule has 0 bridgehead atoms. The van der Waals surface area contributed by atoms with Crippen LogP contribution in [0.2, 0.25) is 0 Å². The van der Waals surface area contributed by atoms with Crippen molar-refractivity contribution in [3.8, 4) is 5.75 Å². The third kappa shape index (κ3) is 4.53. The molecule has 1 N–H and O–H groups in total. The standard InChI is InChI=1S/C17H18O3S/c1-12-9-13(2)11-14(10-12)21-8-7-20-16-6-4-3-5-15(16)17(18)19/h3-6,9-11H,7-8H2,1-2H3,(H,18,19). The summed E-state index contributed by atoms with van der Waals surface area (Å²) in [5.41, 5.74) is 2.69. The molecule has 0 aliphatic rings. The molecule has 2 aromatic carbocycles. The van der Waals surface area contributed by atoms with Crippen molar-refractivity contribution in [1.29, 1.82) is 0 Å². The number of hydrogen-bond donors (Lipinski definition) is 1. The average Bonchev–Trinajstić information content (AvgIpc) is 2.43. The number of hydrogen-bond acceptors (Lipinski definition) is 3. The Kier molecular flexibility index (Phi) is 5.28. The maximum absolute atomic E-state index is 11.1. The minimum Gasteiger partial charge on any atom is -0.492 e. The van der Waals surface area contributed by atoms with E-state index in [4.69, 9.17) is 9.84 Å². The van der Waals surface area contributed by atoms with Gasteiger partial charge in [0.2, 0.25) is 0 Å². The predicted octanol–water partition coefficient (Wildman–Crippen LogP) is 4.17. The number of aromatic carboxylic acids is 1. The van der Waals surface area contributed by atoms with Crippen molar-refractivity contribution in [2.24, 2.45) is 0 Å². The number of rotatable bonds is 6. The minimum atomic E-state index is -0.965. The third-order valence-electron chi connectivity index (χ3n) is 2.92. The van der Waals surface area contributed by atoms with Gasteiger partial charge in [0.15, 0.2) is 0 Å². The monoisotopic (exact) mass is 302 g/mol. The first kappa shape index (κ1) is 15.4. The van der Waals surface area contributed by atoms with Crippen LogP contribution in [-0.4, -0.2) is 23.4 Å². The topological polar surface area (TPSA) is 46.5 Å². The number of ether oxygens (including phenoxy) is 1. The van der Waals surface area contributed by atoms with Crippen LogP contribution in [0.5, 0.6) is 5.75 Å². The zero-order valence-electron chi connectivity index (χ0n) is 12.1. The van der Waals surface area contributed by atoms with Crippen molar-refractivity contribution in [3.63, 3.8) is 0 Å². The second kappa shape index (κ2) is 7.18. The lowest BCUT2D eigenvalue weighted by Gasteiger charge is -2.09. The van der Waals surface area contributed by atoms with Gasteiger partial charge < -0.3 is 9.84 Å². The SMILES string of the molecule is Cc1cc(C)cc(SCCOc2ccccc2C(=O)O)c1. The van der Waals surface area contributed by atoms with Gasteiger partial charge in [-0.25, -0.2) is 4.79 Å². The molecule has 0 saturated carbocycles. The van der Waals surface area contributed by atoms with Crippen molar-refractivity contribution in [2.75, 3.05) is 12.4 Å². The van der Waals surface area contributed by atoms with Crippen LogP contribution < -0.4 is 4.74 Å². The summed E-state index contributed by atoms with van der Waals surface area (Å²) in [6.07, 6.45) is 0. The lowest BCUT2D eigenvalue weighted by atomic mass is 10.2. The van der Waals surface area contributed by atoms with Crippen molar-refractivity contribution < 1.29 is 14.6 Å². The largest absolute Gasteiger partial charge is 0.492 e. The molecule has 0 spiro atoms. The highest BCUT2D eigenvalue weighted by molar-refractivity contribution is 7.99. The van der Waals surface area contributed by atoms with Gasteiger partial charge in [-0.1, -0.05) is 18.2 Å². The molecule has 0 heterocycles. The molecule has 2 rings (SSSR count). The van der Waals surface area contributed by atoms with Crippen molar-refractivity contribution in [2.45, 2.75) is 18.7 Å². The van der Waals surface area contributed by atoms with Crippen LogP contribution in [-0.2, 0) is 0 Å². The van der Waals surface area contributed by atoms with Crippen LogP contribution >= 0.6 is 11.8 Å². The molecule has 21 heavy (non-hydrogen) atoms. The Balaban J connectivity index is 1.89. The Bertz CT molecular complexity index is 617. The molecule has 0 saturated heterocycles. The van der Waals surface area contributed by atoms with Crippen LogP contribution in [0.1, 0.15) is 21.5 Å². The molecule has 0 amide bonds. The normalized spacial score (nSPS) is 10.4. The highest BCUT2D eigenvalue weighted by atomic mass is 32.2. The summed E-state index contributed by atoms with van der Waals surface area (Å²) >= 11 is 1.71. The smallest absolute Gasteiger partial charge is 0.339 e. The van der Waals surface area contributed by atoms with Crippen molar-refractivity contribution in [3.05, 3.63) is 59.2 Å². The van der Waals surface area contributed by atoms with Crippen LogP contribution in [0.4, 0.5) is 0 Å². The lowest BCUT2D eigenvalue weighted by molar-refractivity contribution is 0.0692. The summed E-state index contributed by atoms with van der Waals surface area (Å²) in [5, 5.41) is 9.08. The van der Waals surface area contributed by atoms with Gasteiger partial charge in [0.25, 0.3) is 0 Å². The summed E-state index contributed by atoms with van der Waals surface area (Å²) < 4.78 is 5.58. The fourth-order valence-electron chi connectivity index (χ4n) is 2.10. The first-order valence-corrected chi connectivity index (χ1v) is 7.71. The second-order valence-corrected chi connectivity index (χ2v) is 5.99. The van der Waals surface area contributed by atoms with E-state index in [2.05, 4.69) is 32.0 Å². The summed E-state index contributed by atoms with van der Waals surface area (Å²) in [5.74, 6) is 0.232. The van der Waals surface area contributed by atoms with Gasteiger partial charge in [-0.2, -0.15) is 0 Å². The molecule has 0 radical (unpaired) electrons. The van der Waals surface area contributed by atoms with E-state index in [-0.39, 0.29) is 5.56 Å². The zero-order valence-corrected chi connectivity index (χ0v) is 12.9. The van der Waals surface area contributed by atoms with Gasteiger partial charge >= 0.3 is 5.97 Å². The number of carboxylic acid groups (broad SMARTS) is 1. The number of carboxylic acids is 1. The number of thioether (sulfide) groups is 1. The Hall–Kier alpha value is -1.94. The second-order valence-electron chi connectivity index (χ2n) is 4.82.